The molecule has 1 fully saturated rings. The van der Waals surface area contributed by atoms with Gasteiger partial charge in [0, 0.05) is 23.2 Å². The second-order valence-electron chi connectivity index (χ2n) is 5.28. The van der Waals surface area contributed by atoms with E-state index in [1.807, 2.05) is 25.1 Å². The number of nitrogens with zero attached hydrogens (tertiary/aromatic N) is 3. The van der Waals surface area contributed by atoms with Crippen LogP contribution in [0.4, 0.5) is 11.5 Å². The molecule has 1 N–H and O–H groups in total. The molecule has 23 heavy (non-hydrogen) atoms. The van der Waals surface area contributed by atoms with Crippen molar-refractivity contribution in [1.29, 1.82) is 0 Å². The van der Waals surface area contributed by atoms with Gasteiger partial charge in [-0.1, -0.05) is 22.0 Å². The molecule has 0 bridgehead atoms. The molecule has 0 unspecified atom stereocenters. The quantitative estimate of drug-likeness (QED) is 0.891. The predicted octanol–water partition coefficient (Wildman–Crippen LogP) is 2.64. The Hall–Kier alpha value is -1.99. The lowest BCUT2D eigenvalue weighted by molar-refractivity contribution is 0.102. The highest BCUT2D eigenvalue weighted by Crippen LogP contribution is 2.21. The molecule has 3 rings (SSSR count). The fourth-order valence-corrected chi connectivity index (χ4v) is 2.64. The van der Waals surface area contributed by atoms with E-state index in [1.165, 1.54) is 6.20 Å². The molecule has 120 valence electrons. The van der Waals surface area contributed by atoms with Gasteiger partial charge in [-0.3, -0.25) is 4.79 Å². The van der Waals surface area contributed by atoms with Gasteiger partial charge in [-0.2, -0.15) is 0 Å². The smallest absolute Gasteiger partial charge is 0.275 e. The first-order valence-corrected chi connectivity index (χ1v) is 8.15. The van der Waals surface area contributed by atoms with E-state index in [-0.39, 0.29) is 5.91 Å². The summed E-state index contributed by atoms with van der Waals surface area (Å²) in [4.78, 5) is 22.9. The van der Waals surface area contributed by atoms with Gasteiger partial charge in [-0.25, -0.2) is 9.97 Å². The van der Waals surface area contributed by atoms with Crippen molar-refractivity contribution < 1.29 is 9.53 Å². The normalized spacial score (nSPS) is 14.6. The van der Waals surface area contributed by atoms with Crippen LogP contribution in [-0.4, -0.2) is 42.2 Å². The third-order valence-corrected chi connectivity index (χ3v) is 4.49. The molecule has 0 atom stereocenters. The van der Waals surface area contributed by atoms with Gasteiger partial charge in [0.25, 0.3) is 5.91 Å². The maximum atomic E-state index is 12.2. The van der Waals surface area contributed by atoms with Crippen LogP contribution in [0, 0.1) is 6.92 Å². The first-order chi connectivity index (χ1) is 11.1. The Morgan fingerprint density at radius 2 is 2.04 bits per heavy atom. The summed E-state index contributed by atoms with van der Waals surface area (Å²) in [5.41, 5.74) is 2.11. The van der Waals surface area contributed by atoms with E-state index in [1.54, 1.807) is 6.20 Å². The number of carbonyl (C=O) groups is 1. The molecule has 1 aromatic heterocycles. The first kappa shape index (κ1) is 15.9. The van der Waals surface area contributed by atoms with Crippen molar-refractivity contribution in [2.45, 2.75) is 6.92 Å². The third kappa shape index (κ3) is 3.86. The van der Waals surface area contributed by atoms with E-state index < -0.39 is 0 Å². The SMILES string of the molecule is Cc1ccc(NC(=O)c2cnc(N3CCOCC3)cn2)cc1Br. The molecule has 0 saturated carbocycles. The van der Waals surface area contributed by atoms with Gasteiger partial charge in [0.2, 0.25) is 0 Å². The van der Waals surface area contributed by atoms with Crippen molar-refractivity contribution in [2.24, 2.45) is 0 Å². The van der Waals surface area contributed by atoms with Crippen LogP contribution in [-0.2, 0) is 4.74 Å². The molecule has 1 aliphatic rings. The number of morpholine rings is 1. The number of aromatic nitrogens is 2. The molecule has 1 aliphatic heterocycles. The molecule has 0 spiro atoms. The summed E-state index contributed by atoms with van der Waals surface area (Å²) in [6.45, 7) is 4.94. The second-order valence-corrected chi connectivity index (χ2v) is 6.13. The average Bonchev–Trinajstić information content (AvgIpc) is 2.59. The maximum Gasteiger partial charge on any atom is 0.275 e. The maximum absolute atomic E-state index is 12.2. The van der Waals surface area contributed by atoms with Gasteiger partial charge in [-0.15, -0.1) is 0 Å². The zero-order chi connectivity index (χ0) is 16.2. The number of carbonyl (C=O) groups excluding carboxylic acids is 1. The number of hydrogen-bond acceptors (Lipinski definition) is 5. The van der Waals surface area contributed by atoms with Crippen molar-refractivity contribution in [3.8, 4) is 0 Å². The van der Waals surface area contributed by atoms with Crippen LogP contribution in [0.3, 0.4) is 0 Å². The van der Waals surface area contributed by atoms with E-state index in [4.69, 9.17) is 4.74 Å². The Labute approximate surface area is 143 Å². The minimum atomic E-state index is -0.276. The van der Waals surface area contributed by atoms with Gasteiger partial charge in [0.1, 0.15) is 11.5 Å². The fourth-order valence-electron chi connectivity index (χ4n) is 2.26. The van der Waals surface area contributed by atoms with Crippen LogP contribution in [0.1, 0.15) is 16.1 Å². The zero-order valence-corrected chi connectivity index (χ0v) is 14.3. The summed E-state index contributed by atoms with van der Waals surface area (Å²) < 4.78 is 6.26. The summed E-state index contributed by atoms with van der Waals surface area (Å²) in [7, 11) is 0. The van der Waals surface area contributed by atoms with Crippen molar-refractivity contribution in [2.75, 3.05) is 36.5 Å². The van der Waals surface area contributed by atoms with Gasteiger partial charge in [0.15, 0.2) is 0 Å². The van der Waals surface area contributed by atoms with E-state index in [9.17, 15) is 4.79 Å². The second kappa shape index (κ2) is 7.06. The Morgan fingerprint density at radius 3 is 2.70 bits per heavy atom. The number of ether oxygens (including phenoxy) is 1. The lowest BCUT2D eigenvalue weighted by Gasteiger charge is -2.27. The summed E-state index contributed by atoms with van der Waals surface area (Å²) in [6, 6.07) is 5.66. The fraction of sp³-hybridized carbons (Fsp3) is 0.312. The molecule has 2 heterocycles. The van der Waals surface area contributed by atoms with Crippen LogP contribution in [0.2, 0.25) is 0 Å². The third-order valence-electron chi connectivity index (χ3n) is 3.64. The van der Waals surface area contributed by atoms with Crippen LogP contribution in [0.15, 0.2) is 35.1 Å². The molecule has 0 radical (unpaired) electrons. The van der Waals surface area contributed by atoms with Crippen molar-refractivity contribution in [3.63, 3.8) is 0 Å². The number of hydrogen-bond donors (Lipinski definition) is 1. The van der Waals surface area contributed by atoms with Crippen LogP contribution < -0.4 is 10.2 Å². The highest BCUT2D eigenvalue weighted by Gasteiger charge is 2.14. The summed E-state index contributed by atoms with van der Waals surface area (Å²) in [5.74, 6) is 0.490. The molecule has 1 aromatic carbocycles. The molecular formula is C16H17BrN4O2. The molecule has 7 heteroatoms. The summed E-state index contributed by atoms with van der Waals surface area (Å²) >= 11 is 3.45. The van der Waals surface area contributed by atoms with Crippen molar-refractivity contribution in [3.05, 3.63) is 46.3 Å². The Kier molecular flexibility index (Phi) is 4.88. The topological polar surface area (TPSA) is 67.4 Å². The lowest BCUT2D eigenvalue weighted by Crippen LogP contribution is -2.36. The Balaban J connectivity index is 1.68. The average molecular weight is 377 g/mol. The number of nitrogens with one attached hydrogen (secondary N) is 1. The minimum absolute atomic E-state index is 0.276. The number of aryl methyl sites for hydroxylation is 1. The van der Waals surface area contributed by atoms with Crippen LogP contribution in [0.25, 0.3) is 0 Å². The van der Waals surface area contributed by atoms with E-state index >= 15 is 0 Å². The van der Waals surface area contributed by atoms with Crippen LogP contribution in [0.5, 0.6) is 0 Å². The predicted molar refractivity (Wildman–Crippen MR) is 91.9 cm³/mol. The van der Waals surface area contributed by atoms with Gasteiger partial charge >= 0.3 is 0 Å². The van der Waals surface area contributed by atoms with Gasteiger partial charge < -0.3 is 15.0 Å². The number of anilines is 2. The number of rotatable bonds is 3. The number of halogens is 1. The summed E-state index contributed by atoms with van der Waals surface area (Å²) in [5, 5.41) is 2.82. The molecule has 1 amide bonds. The molecule has 1 saturated heterocycles. The molecule has 6 nitrogen and oxygen atoms in total. The van der Waals surface area contributed by atoms with E-state index in [0.717, 1.165) is 28.9 Å². The lowest BCUT2D eigenvalue weighted by atomic mass is 10.2. The highest BCUT2D eigenvalue weighted by molar-refractivity contribution is 9.10. The Bertz CT molecular complexity index is 700. The standard InChI is InChI=1S/C16H17BrN4O2/c1-11-2-3-12(8-13(11)17)20-16(22)14-9-19-15(10-18-14)21-4-6-23-7-5-21/h2-3,8-10H,4-7H2,1H3,(H,20,22). The van der Waals surface area contributed by atoms with E-state index in [2.05, 4.69) is 36.1 Å². The highest BCUT2D eigenvalue weighted by atomic mass is 79.9. The largest absolute Gasteiger partial charge is 0.378 e. The first-order valence-electron chi connectivity index (χ1n) is 7.36. The van der Waals surface area contributed by atoms with E-state index in [0.29, 0.717) is 24.6 Å². The van der Waals surface area contributed by atoms with Crippen molar-refractivity contribution in [1.82, 2.24) is 9.97 Å². The van der Waals surface area contributed by atoms with Gasteiger partial charge in [0.05, 0.1) is 25.6 Å². The molecular weight excluding hydrogens is 360 g/mol. The molecule has 0 aliphatic carbocycles. The molecule has 2 aromatic rings. The van der Waals surface area contributed by atoms with Crippen molar-refractivity contribution >= 4 is 33.3 Å². The monoisotopic (exact) mass is 376 g/mol. The number of benzene rings is 1. The Morgan fingerprint density at radius 1 is 1.26 bits per heavy atom. The zero-order valence-electron chi connectivity index (χ0n) is 12.8. The van der Waals surface area contributed by atoms with Crippen LogP contribution >= 0.6 is 15.9 Å². The van der Waals surface area contributed by atoms with Gasteiger partial charge in [-0.05, 0) is 24.6 Å². The minimum Gasteiger partial charge on any atom is -0.378 e. The number of amides is 1. The summed E-state index contributed by atoms with van der Waals surface area (Å²) in [6.07, 6.45) is 3.13.